The van der Waals surface area contributed by atoms with Gasteiger partial charge in [0.25, 0.3) is 5.56 Å². The average molecular weight is 491 g/mol. The van der Waals surface area contributed by atoms with Gasteiger partial charge in [0.05, 0.1) is 16.8 Å². The van der Waals surface area contributed by atoms with E-state index < -0.39 is 15.4 Å². The van der Waals surface area contributed by atoms with E-state index in [2.05, 4.69) is 4.98 Å². The minimum absolute atomic E-state index is 0.0536. The lowest BCUT2D eigenvalue weighted by Crippen LogP contribution is -2.30. The Morgan fingerprint density at radius 2 is 1.71 bits per heavy atom. The van der Waals surface area contributed by atoms with E-state index in [0.717, 1.165) is 11.1 Å². The van der Waals surface area contributed by atoms with E-state index in [1.807, 2.05) is 6.92 Å². The monoisotopic (exact) mass is 490 g/mol. The van der Waals surface area contributed by atoms with Crippen LogP contribution in [-0.2, 0) is 16.4 Å². The highest BCUT2D eigenvalue weighted by atomic mass is 35.5. The first-order valence-corrected chi connectivity index (χ1v) is 12.3. The number of hydrogen-bond donors (Lipinski definition) is 1. The topological polar surface area (TPSA) is 97.3 Å². The van der Waals surface area contributed by atoms with E-state index in [1.54, 1.807) is 60.8 Å². The van der Waals surface area contributed by atoms with Gasteiger partial charge in [0.15, 0.2) is 0 Å². The van der Waals surface area contributed by atoms with Crippen molar-refractivity contribution < 1.29 is 8.42 Å². The van der Waals surface area contributed by atoms with Crippen LogP contribution in [0.1, 0.15) is 11.1 Å². The molecule has 170 valence electrons. The molecule has 9 heteroatoms. The highest BCUT2D eigenvalue weighted by Crippen LogP contribution is 2.22. The zero-order valence-electron chi connectivity index (χ0n) is 18.1. The number of pyridine rings is 2. The summed E-state index contributed by atoms with van der Waals surface area (Å²) in [7, 11) is -4.07. The van der Waals surface area contributed by atoms with Crippen molar-refractivity contribution in [3.8, 4) is 0 Å². The van der Waals surface area contributed by atoms with E-state index in [4.69, 9.17) is 17.0 Å². The number of aryl methyl sites for hydroxylation is 1. The standard InChI is InChI=1S/C25H19ClN4O3S/c1-16-5-11-19(12-6-16)34(32,33)21-14-20-24(28-22-4-2-3-13-29(22)25(20)31)30(23(21)27)15-17-7-9-18(26)10-8-17/h2-14,27H,15H2,1H3. The fourth-order valence-electron chi connectivity index (χ4n) is 3.84. The van der Waals surface area contributed by atoms with Gasteiger partial charge in [-0.2, -0.15) is 0 Å². The lowest BCUT2D eigenvalue weighted by Gasteiger charge is -2.15. The molecule has 1 N–H and O–H groups in total. The zero-order valence-corrected chi connectivity index (χ0v) is 19.6. The van der Waals surface area contributed by atoms with Gasteiger partial charge in [0, 0.05) is 11.2 Å². The predicted octanol–water partition coefficient (Wildman–Crippen LogP) is 3.97. The Morgan fingerprint density at radius 3 is 2.41 bits per heavy atom. The lowest BCUT2D eigenvalue weighted by molar-refractivity contribution is 0.591. The van der Waals surface area contributed by atoms with Gasteiger partial charge in [-0.15, -0.1) is 0 Å². The molecule has 7 nitrogen and oxygen atoms in total. The summed E-state index contributed by atoms with van der Waals surface area (Å²) < 4.78 is 29.9. The Kier molecular flexibility index (Phi) is 5.34. The number of sulfone groups is 1. The van der Waals surface area contributed by atoms with E-state index >= 15 is 0 Å². The first-order valence-electron chi connectivity index (χ1n) is 10.4. The molecule has 3 heterocycles. The van der Waals surface area contributed by atoms with E-state index in [-0.39, 0.29) is 32.9 Å². The molecule has 0 saturated carbocycles. The number of benzene rings is 2. The van der Waals surface area contributed by atoms with Crippen molar-refractivity contribution in [1.29, 1.82) is 5.41 Å². The molecule has 3 aromatic heterocycles. The summed E-state index contributed by atoms with van der Waals surface area (Å²) >= 11 is 6.01. The van der Waals surface area contributed by atoms with Gasteiger partial charge in [0.1, 0.15) is 21.7 Å². The fraction of sp³-hybridized carbons (Fsp3) is 0.0800. The maximum Gasteiger partial charge on any atom is 0.267 e. The second-order valence-electron chi connectivity index (χ2n) is 7.97. The molecule has 0 bridgehead atoms. The van der Waals surface area contributed by atoms with Crippen molar-refractivity contribution in [1.82, 2.24) is 14.0 Å². The number of nitrogens with zero attached hydrogens (tertiary/aromatic N) is 3. The Balaban J connectivity index is 1.86. The fourth-order valence-corrected chi connectivity index (χ4v) is 5.35. The van der Waals surface area contributed by atoms with Crippen LogP contribution < -0.4 is 11.0 Å². The minimum atomic E-state index is -4.07. The quantitative estimate of drug-likeness (QED) is 0.385. The number of halogens is 1. The summed E-state index contributed by atoms with van der Waals surface area (Å²) in [5, 5.41) is 9.52. The Hall–Kier alpha value is -3.75. The van der Waals surface area contributed by atoms with Gasteiger partial charge >= 0.3 is 0 Å². The highest BCUT2D eigenvalue weighted by molar-refractivity contribution is 7.91. The minimum Gasteiger partial charge on any atom is -0.305 e. The molecule has 0 amide bonds. The first kappa shape index (κ1) is 22.1. The third kappa shape index (κ3) is 3.70. The summed E-state index contributed by atoms with van der Waals surface area (Å²) in [6.45, 7) is 2.00. The van der Waals surface area contributed by atoms with Crippen LogP contribution in [0.5, 0.6) is 0 Å². The molecular weight excluding hydrogens is 472 g/mol. The lowest BCUT2D eigenvalue weighted by atomic mass is 10.2. The van der Waals surface area contributed by atoms with Crippen molar-refractivity contribution in [3.05, 3.63) is 111 Å². The summed E-state index contributed by atoms with van der Waals surface area (Å²) in [5.41, 5.74) is 1.66. The molecule has 5 rings (SSSR count). The van der Waals surface area contributed by atoms with Crippen LogP contribution in [-0.4, -0.2) is 22.4 Å². The molecule has 0 spiro atoms. The van der Waals surface area contributed by atoms with Gasteiger partial charge in [-0.1, -0.05) is 47.5 Å². The Labute approximate surface area is 200 Å². The summed E-state index contributed by atoms with van der Waals surface area (Å²) in [6, 6.07) is 19.8. The summed E-state index contributed by atoms with van der Waals surface area (Å²) in [6.07, 6.45) is 1.58. The van der Waals surface area contributed by atoms with Crippen LogP contribution in [0.3, 0.4) is 0 Å². The van der Waals surface area contributed by atoms with Crippen LogP contribution in [0, 0.1) is 12.3 Å². The van der Waals surface area contributed by atoms with Crippen LogP contribution in [0.2, 0.25) is 5.02 Å². The summed E-state index contributed by atoms with van der Waals surface area (Å²) in [5.74, 6) is 0. The molecule has 0 aliphatic rings. The maximum absolute atomic E-state index is 13.6. The van der Waals surface area contributed by atoms with Crippen molar-refractivity contribution >= 4 is 38.1 Å². The van der Waals surface area contributed by atoms with Crippen LogP contribution in [0.25, 0.3) is 16.7 Å². The van der Waals surface area contributed by atoms with Gasteiger partial charge in [0.2, 0.25) is 9.84 Å². The SMILES string of the molecule is Cc1ccc(S(=O)(=O)c2cc3c(=O)n4ccccc4nc3n(Cc3ccc(Cl)cc3)c2=N)cc1. The second kappa shape index (κ2) is 8.23. The van der Waals surface area contributed by atoms with E-state index in [9.17, 15) is 13.2 Å². The predicted molar refractivity (Wildman–Crippen MR) is 130 cm³/mol. The van der Waals surface area contributed by atoms with Crippen molar-refractivity contribution in [2.75, 3.05) is 0 Å². The summed E-state index contributed by atoms with van der Waals surface area (Å²) in [4.78, 5) is 17.7. The molecule has 0 radical (unpaired) electrons. The second-order valence-corrected chi connectivity index (χ2v) is 10.3. The van der Waals surface area contributed by atoms with Gasteiger partial charge in [-0.3, -0.25) is 14.6 Å². The molecule has 0 aliphatic heterocycles. The molecular formula is C25H19ClN4O3S. The van der Waals surface area contributed by atoms with Gasteiger partial charge < -0.3 is 4.57 Å². The smallest absolute Gasteiger partial charge is 0.267 e. The maximum atomic E-state index is 13.6. The first-order chi connectivity index (χ1) is 16.3. The van der Waals surface area contributed by atoms with Crippen LogP contribution in [0.15, 0.2) is 93.6 Å². The zero-order chi connectivity index (χ0) is 24.0. The number of hydrogen-bond acceptors (Lipinski definition) is 5. The molecule has 34 heavy (non-hydrogen) atoms. The molecule has 0 saturated heterocycles. The van der Waals surface area contributed by atoms with E-state index in [0.29, 0.717) is 10.7 Å². The number of fused-ring (bicyclic) bond motifs is 2. The molecule has 0 fully saturated rings. The largest absolute Gasteiger partial charge is 0.305 e. The molecule has 0 atom stereocenters. The highest BCUT2D eigenvalue weighted by Gasteiger charge is 2.24. The van der Waals surface area contributed by atoms with Gasteiger partial charge in [-0.25, -0.2) is 13.4 Å². The third-order valence-corrected chi connectivity index (χ3v) is 7.69. The van der Waals surface area contributed by atoms with Gasteiger partial charge in [-0.05, 0) is 55.0 Å². The molecule has 5 aromatic rings. The molecule has 0 unspecified atom stereocenters. The van der Waals surface area contributed by atoms with Crippen molar-refractivity contribution in [3.63, 3.8) is 0 Å². The molecule has 2 aromatic carbocycles. The number of nitrogens with one attached hydrogen (secondary N) is 1. The Bertz CT molecular complexity index is 1790. The van der Waals surface area contributed by atoms with E-state index in [1.165, 1.54) is 27.2 Å². The Morgan fingerprint density at radius 1 is 1.00 bits per heavy atom. The normalized spacial score (nSPS) is 11.8. The number of rotatable bonds is 4. The molecule has 0 aliphatic carbocycles. The van der Waals surface area contributed by atoms with Crippen LogP contribution in [0.4, 0.5) is 0 Å². The van der Waals surface area contributed by atoms with Crippen LogP contribution >= 0.6 is 11.6 Å². The van der Waals surface area contributed by atoms with Crippen molar-refractivity contribution in [2.45, 2.75) is 23.3 Å². The average Bonchev–Trinajstić information content (AvgIpc) is 2.82. The van der Waals surface area contributed by atoms with Crippen molar-refractivity contribution in [2.24, 2.45) is 0 Å². The third-order valence-electron chi connectivity index (χ3n) is 5.66. The number of aromatic nitrogens is 3.